The van der Waals surface area contributed by atoms with Gasteiger partial charge in [-0.2, -0.15) is 0 Å². The van der Waals surface area contributed by atoms with E-state index in [0.29, 0.717) is 25.6 Å². The zero-order chi connectivity index (χ0) is 13.2. The fourth-order valence-electron chi connectivity index (χ4n) is 2.31. The Balaban J connectivity index is 2.58. The summed E-state index contributed by atoms with van der Waals surface area (Å²) in [6.07, 6.45) is 0. The van der Waals surface area contributed by atoms with Crippen LogP contribution in [0.15, 0.2) is 0 Å². The molecule has 0 aliphatic carbocycles. The van der Waals surface area contributed by atoms with Crippen LogP contribution in [-0.2, 0) is 4.79 Å². The molecule has 0 aromatic carbocycles. The van der Waals surface area contributed by atoms with Gasteiger partial charge in [-0.25, -0.2) is 4.79 Å². The molecule has 2 unspecified atom stereocenters. The lowest BCUT2D eigenvalue weighted by molar-refractivity contribution is -0.142. The lowest BCUT2D eigenvalue weighted by atomic mass is 9.99. The largest absolute Gasteiger partial charge is 0.481 e. The molecule has 1 rings (SSSR count). The highest BCUT2D eigenvalue weighted by molar-refractivity contribution is 5.77. The summed E-state index contributed by atoms with van der Waals surface area (Å²) < 4.78 is 0. The van der Waals surface area contributed by atoms with Crippen LogP contribution in [0.3, 0.4) is 0 Å². The Labute approximate surface area is 102 Å². The standard InChI is InChI=1S/C12H22N2O3/c1-8(2)5-13(4)12(17)14-6-9(3)10(7-14)11(15)16/h8-10H,5-7H2,1-4H3,(H,15,16). The van der Waals surface area contributed by atoms with Crippen LogP contribution in [-0.4, -0.2) is 53.6 Å². The predicted molar refractivity (Wildman–Crippen MR) is 64.7 cm³/mol. The maximum absolute atomic E-state index is 12.1. The monoisotopic (exact) mass is 242 g/mol. The Morgan fingerprint density at radius 1 is 1.41 bits per heavy atom. The molecular formula is C12H22N2O3. The number of carboxylic acid groups (broad SMARTS) is 1. The minimum atomic E-state index is -0.806. The third kappa shape index (κ3) is 3.35. The topological polar surface area (TPSA) is 60.9 Å². The summed E-state index contributed by atoms with van der Waals surface area (Å²) in [5, 5.41) is 9.02. The highest BCUT2D eigenvalue weighted by Gasteiger charge is 2.37. The molecule has 5 nitrogen and oxygen atoms in total. The molecule has 0 radical (unpaired) electrons. The molecule has 98 valence electrons. The van der Waals surface area contributed by atoms with E-state index in [1.165, 1.54) is 0 Å². The van der Waals surface area contributed by atoms with Crippen molar-refractivity contribution in [2.45, 2.75) is 20.8 Å². The molecule has 0 spiro atoms. The first-order valence-electron chi connectivity index (χ1n) is 6.05. The second-order valence-corrected chi connectivity index (χ2v) is 5.38. The number of amides is 2. The lowest BCUT2D eigenvalue weighted by Crippen LogP contribution is -2.41. The van der Waals surface area contributed by atoms with Crippen molar-refractivity contribution >= 4 is 12.0 Å². The smallest absolute Gasteiger partial charge is 0.319 e. The Hall–Kier alpha value is -1.26. The second-order valence-electron chi connectivity index (χ2n) is 5.38. The van der Waals surface area contributed by atoms with Gasteiger partial charge in [-0.1, -0.05) is 20.8 Å². The number of carbonyl (C=O) groups excluding carboxylic acids is 1. The van der Waals surface area contributed by atoms with Crippen LogP contribution in [0, 0.1) is 17.8 Å². The SMILES string of the molecule is CC(C)CN(C)C(=O)N1CC(C)C(C(=O)O)C1. The Kier molecular flexibility index (Phi) is 4.37. The lowest BCUT2D eigenvalue weighted by Gasteiger charge is -2.25. The molecule has 1 N–H and O–H groups in total. The second kappa shape index (κ2) is 5.38. The summed E-state index contributed by atoms with van der Waals surface area (Å²) in [5.74, 6) is -0.783. The van der Waals surface area contributed by atoms with Crippen molar-refractivity contribution in [2.75, 3.05) is 26.7 Å². The fourth-order valence-corrected chi connectivity index (χ4v) is 2.31. The van der Waals surface area contributed by atoms with E-state index in [4.69, 9.17) is 5.11 Å². The van der Waals surface area contributed by atoms with Gasteiger partial charge >= 0.3 is 12.0 Å². The van der Waals surface area contributed by atoms with E-state index >= 15 is 0 Å². The summed E-state index contributed by atoms with van der Waals surface area (Å²) >= 11 is 0. The van der Waals surface area contributed by atoms with Crippen molar-refractivity contribution < 1.29 is 14.7 Å². The first-order chi connectivity index (χ1) is 7.82. The highest BCUT2D eigenvalue weighted by atomic mass is 16.4. The molecule has 2 atom stereocenters. The fraction of sp³-hybridized carbons (Fsp3) is 0.833. The minimum absolute atomic E-state index is 0.0314. The number of carboxylic acids is 1. The van der Waals surface area contributed by atoms with E-state index in [1.54, 1.807) is 16.8 Å². The first-order valence-corrected chi connectivity index (χ1v) is 6.05. The van der Waals surface area contributed by atoms with Crippen LogP contribution >= 0.6 is 0 Å². The average molecular weight is 242 g/mol. The molecule has 1 aliphatic heterocycles. The molecule has 2 amide bonds. The van der Waals surface area contributed by atoms with Crippen molar-refractivity contribution in [1.82, 2.24) is 9.80 Å². The summed E-state index contributed by atoms with van der Waals surface area (Å²) in [6, 6.07) is -0.0608. The number of hydrogen-bond acceptors (Lipinski definition) is 2. The van der Waals surface area contributed by atoms with Gasteiger partial charge in [-0.15, -0.1) is 0 Å². The summed E-state index contributed by atoms with van der Waals surface area (Å²) in [5.41, 5.74) is 0. The number of aliphatic carboxylic acids is 1. The van der Waals surface area contributed by atoms with E-state index in [-0.39, 0.29) is 11.9 Å². The zero-order valence-corrected chi connectivity index (χ0v) is 11.0. The van der Waals surface area contributed by atoms with Gasteiger partial charge in [0, 0.05) is 26.7 Å². The van der Waals surface area contributed by atoms with Crippen molar-refractivity contribution in [3.05, 3.63) is 0 Å². The van der Waals surface area contributed by atoms with Crippen molar-refractivity contribution in [1.29, 1.82) is 0 Å². The van der Waals surface area contributed by atoms with Gasteiger partial charge in [0.2, 0.25) is 0 Å². The number of urea groups is 1. The molecule has 5 heteroatoms. The van der Waals surface area contributed by atoms with E-state index in [0.717, 1.165) is 0 Å². The third-order valence-electron chi connectivity index (χ3n) is 3.17. The molecule has 0 aromatic heterocycles. The quantitative estimate of drug-likeness (QED) is 0.812. The third-order valence-corrected chi connectivity index (χ3v) is 3.17. The average Bonchev–Trinajstić information content (AvgIpc) is 2.58. The van der Waals surface area contributed by atoms with Gasteiger partial charge in [0.15, 0.2) is 0 Å². The molecule has 0 bridgehead atoms. The summed E-state index contributed by atoms with van der Waals surface area (Å²) in [6.45, 7) is 7.55. The van der Waals surface area contributed by atoms with Gasteiger partial charge < -0.3 is 14.9 Å². The molecule has 1 heterocycles. The van der Waals surface area contributed by atoms with Gasteiger partial charge in [0.25, 0.3) is 0 Å². The predicted octanol–water partition coefficient (Wildman–Crippen LogP) is 1.35. The molecule has 1 aliphatic rings. The van der Waals surface area contributed by atoms with E-state index in [2.05, 4.69) is 13.8 Å². The van der Waals surface area contributed by atoms with Crippen LogP contribution < -0.4 is 0 Å². The molecular weight excluding hydrogens is 220 g/mol. The van der Waals surface area contributed by atoms with Gasteiger partial charge in [0.1, 0.15) is 0 Å². The number of carbonyl (C=O) groups is 2. The van der Waals surface area contributed by atoms with Crippen LogP contribution in [0.5, 0.6) is 0 Å². The van der Waals surface area contributed by atoms with E-state index < -0.39 is 11.9 Å². The highest BCUT2D eigenvalue weighted by Crippen LogP contribution is 2.24. The maximum Gasteiger partial charge on any atom is 0.319 e. The Bertz CT molecular complexity index is 304. The van der Waals surface area contributed by atoms with Crippen LogP contribution in [0.25, 0.3) is 0 Å². The van der Waals surface area contributed by atoms with Crippen LogP contribution in [0.2, 0.25) is 0 Å². The molecule has 0 aromatic rings. The molecule has 1 saturated heterocycles. The van der Waals surface area contributed by atoms with Crippen molar-refractivity contribution in [2.24, 2.45) is 17.8 Å². The molecule has 0 saturated carbocycles. The van der Waals surface area contributed by atoms with Crippen LogP contribution in [0.1, 0.15) is 20.8 Å². The van der Waals surface area contributed by atoms with Gasteiger partial charge in [-0.05, 0) is 11.8 Å². The summed E-state index contributed by atoms with van der Waals surface area (Å²) in [7, 11) is 1.76. The van der Waals surface area contributed by atoms with E-state index in [9.17, 15) is 9.59 Å². The molecule has 17 heavy (non-hydrogen) atoms. The first kappa shape index (κ1) is 13.8. The summed E-state index contributed by atoms with van der Waals surface area (Å²) in [4.78, 5) is 26.3. The van der Waals surface area contributed by atoms with E-state index in [1.807, 2.05) is 6.92 Å². The van der Waals surface area contributed by atoms with Crippen molar-refractivity contribution in [3.8, 4) is 0 Å². The van der Waals surface area contributed by atoms with Gasteiger partial charge in [0.05, 0.1) is 5.92 Å². The number of rotatable bonds is 3. The normalized spacial score (nSPS) is 24.2. The maximum atomic E-state index is 12.1. The van der Waals surface area contributed by atoms with Crippen LogP contribution in [0.4, 0.5) is 4.79 Å². The molecule has 1 fully saturated rings. The number of likely N-dealkylation sites (tertiary alicyclic amines) is 1. The number of hydrogen-bond donors (Lipinski definition) is 1. The Morgan fingerprint density at radius 2 is 2.00 bits per heavy atom. The minimum Gasteiger partial charge on any atom is -0.481 e. The number of nitrogens with zero attached hydrogens (tertiary/aromatic N) is 2. The Morgan fingerprint density at radius 3 is 2.41 bits per heavy atom. The zero-order valence-electron chi connectivity index (χ0n) is 11.0. The van der Waals surface area contributed by atoms with Gasteiger partial charge in [-0.3, -0.25) is 4.79 Å². The van der Waals surface area contributed by atoms with Crippen molar-refractivity contribution in [3.63, 3.8) is 0 Å².